The zero-order valence-electron chi connectivity index (χ0n) is 31.4. The van der Waals surface area contributed by atoms with Crippen LogP contribution >= 0.6 is 0 Å². The Labute approximate surface area is 267 Å². The zero-order chi connectivity index (χ0) is 32.2. The molecule has 236 valence electrons. The summed E-state index contributed by atoms with van der Waals surface area (Å²) in [4.78, 5) is 0. The molecule has 0 N–H and O–H groups in total. The normalized spacial score (nSPS) is 16.2. The molecule has 0 aromatic rings. The van der Waals surface area contributed by atoms with Crippen LogP contribution < -0.4 is 0 Å². The van der Waals surface area contributed by atoms with E-state index < -0.39 is 96.1 Å². The van der Waals surface area contributed by atoms with E-state index in [1.54, 1.807) is 4.00 Å². The molecular weight excluding hydrogens is 731 g/mol. The van der Waals surface area contributed by atoms with E-state index in [-0.39, 0.29) is 0 Å². The summed E-state index contributed by atoms with van der Waals surface area (Å²) in [7, 11) is -12.2. The zero-order valence-corrected chi connectivity index (χ0v) is 43.1. The predicted molar refractivity (Wildman–Crippen MR) is 210 cm³/mol. The molecule has 0 amide bonds. The fourth-order valence-corrected chi connectivity index (χ4v) is 111. The average Bonchev–Trinajstić information content (AvgIpc) is 2.41. The van der Waals surface area contributed by atoms with E-state index in [0.29, 0.717) is 0 Å². The topological polar surface area (TPSA) is 13.0 Å². The molecule has 14 heteroatoms. The van der Waals surface area contributed by atoms with Crippen molar-refractivity contribution in [3.8, 4) is 0 Å². The molecule has 0 saturated heterocycles. The van der Waals surface area contributed by atoms with Gasteiger partial charge in [-0.25, -0.2) is 0 Å². The van der Waals surface area contributed by atoms with Gasteiger partial charge < -0.3 is 0 Å². The summed E-state index contributed by atoms with van der Waals surface area (Å²) in [5, 5.41) is 0. The second-order valence-electron chi connectivity index (χ2n) is 19.5. The molecule has 0 heterocycles. The third-order valence-corrected chi connectivity index (χ3v) is 82.8. The van der Waals surface area contributed by atoms with Gasteiger partial charge in [0.1, 0.15) is 0 Å². The van der Waals surface area contributed by atoms with Crippen LogP contribution in [0, 0.1) is 0 Å². The van der Waals surface area contributed by atoms with Gasteiger partial charge in [0.05, 0.1) is 0 Å². The van der Waals surface area contributed by atoms with Crippen LogP contribution in [0.2, 0.25) is 161 Å². The molecule has 0 rings (SSSR count). The minimum absolute atomic E-state index is 1.53. The van der Waals surface area contributed by atoms with Gasteiger partial charge >= 0.3 is 270 Å². The summed E-state index contributed by atoms with van der Waals surface area (Å²) in [6.45, 7) is 64.7. The van der Waals surface area contributed by atoms with Gasteiger partial charge in [0, 0.05) is 0 Å². The molecule has 0 bridgehead atoms. The molecule has 0 fully saturated rings. The monoisotopic (exact) mass is 804 g/mol. The molecule has 39 heavy (non-hydrogen) atoms. The molecule has 0 saturated carbocycles. The van der Waals surface area contributed by atoms with Crippen LogP contribution in [0.4, 0.5) is 0 Å². The molecule has 0 spiro atoms. The Bertz CT molecular complexity index is 607. The summed E-state index contributed by atoms with van der Waals surface area (Å²) in [6.07, 6.45) is 0. The Morgan fingerprint density at radius 2 is 0.359 bits per heavy atom. The predicted octanol–water partition coefficient (Wildman–Crippen LogP) is 9.39. The van der Waals surface area contributed by atoms with Crippen molar-refractivity contribution in [3.63, 3.8) is 0 Å². The summed E-state index contributed by atoms with van der Waals surface area (Å²) in [5.74, 6) is 0. The van der Waals surface area contributed by atoms with E-state index in [1.807, 2.05) is 0 Å². The van der Waals surface area contributed by atoms with Crippen LogP contribution in [0.15, 0.2) is 0 Å². The Morgan fingerprint density at radius 1 is 0.256 bits per heavy atom. The fourth-order valence-electron chi connectivity index (χ4n) is 7.34. The van der Waals surface area contributed by atoms with Crippen molar-refractivity contribution >= 4 is 96.1 Å². The van der Waals surface area contributed by atoms with Gasteiger partial charge in [-0.15, -0.1) is 0 Å². The maximum atomic E-state index is 3.41. The van der Waals surface area contributed by atoms with Crippen molar-refractivity contribution in [2.45, 2.75) is 161 Å². The van der Waals surface area contributed by atoms with Crippen LogP contribution in [0.1, 0.15) is 0 Å². The molecule has 0 atom stereocenters. The van der Waals surface area contributed by atoms with E-state index >= 15 is 0 Å². The third-order valence-electron chi connectivity index (χ3n) is 6.26. The standard InChI is InChI=1S/C25H74As2N4Si8/c1-32(2,3)28(33(4,5)6)26(29(34(7,8)9)35(10,11)12)25-27(30(36(13,14)15)37(16,17)18)31(38(19,20)21)39(22,23)24/h25H2,1-24H3. The van der Waals surface area contributed by atoms with Crippen LogP contribution in [0.3, 0.4) is 0 Å². The first-order chi connectivity index (χ1) is 16.5. The Kier molecular flexibility index (Phi) is 14.1. The molecule has 0 radical (unpaired) electrons. The number of rotatable bonds is 14. The third kappa shape index (κ3) is 12.2. The molecule has 0 aliphatic carbocycles. The van der Waals surface area contributed by atoms with Crippen molar-refractivity contribution < 1.29 is 0 Å². The Morgan fingerprint density at radius 3 is 0.436 bits per heavy atom. The van der Waals surface area contributed by atoms with Gasteiger partial charge in [0.15, 0.2) is 0 Å². The van der Waals surface area contributed by atoms with Crippen molar-refractivity contribution in [3.05, 3.63) is 0 Å². The Balaban J connectivity index is 8.03. The van der Waals surface area contributed by atoms with Crippen molar-refractivity contribution in [2.24, 2.45) is 0 Å². The van der Waals surface area contributed by atoms with Gasteiger partial charge in [0.25, 0.3) is 0 Å². The molecule has 0 aromatic carbocycles. The van der Waals surface area contributed by atoms with Gasteiger partial charge in [-0.3, -0.25) is 0 Å². The van der Waals surface area contributed by atoms with E-state index in [1.165, 1.54) is 0 Å². The van der Waals surface area contributed by atoms with Crippen LogP contribution in [-0.4, -0.2) is 109 Å². The van der Waals surface area contributed by atoms with Crippen molar-refractivity contribution in [1.82, 2.24) is 12.6 Å². The van der Waals surface area contributed by atoms with E-state index in [9.17, 15) is 0 Å². The van der Waals surface area contributed by atoms with E-state index in [0.717, 1.165) is 0 Å². The molecule has 0 unspecified atom stereocenters. The molecule has 0 aliphatic rings. The first-order valence-electron chi connectivity index (χ1n) is 15.2. The summed E-state index contributed by atoms with van der Waals surface area (Å²) in [6, 6.07) is 0. The number of hydrogen-bond acceptors (Lipinski definition) is 4. The van der Waals surface area contributed by atoms with Gasteiger partial charge in [-0.2, -0.15) is 0 Å². The quantitative estimate of drug-likeness (QED) is 0.162. The SMILES string of the molecule is C[Si](C)(C)N([As](C[As](N([Si](C)(C)C)[Si](C)(C)C)N([Si](C)(C)C)[Si](C)(C)C)N([Si](C)(C)C)[Si](C)(C)C)[Si](C)(C)C. The first kappa shape index (κ1) is 41.7. The Hall–Kier alpha value is 2.69. The summed E-state index contributed by atoms with van der Waals surface area (Å²) in [5.41, 5.74) is 0. The average molecular weight is 805 g/mol. The van der Waals surface area contributed by atoms with Crippen LogP contribution in [0.25, 0.3) is 0 Å². The van der Waals surface area contributed by atoms with Gasteiger partial charge in [-0.05, 0) is 0 Å². The van der Waals surface area contributed by atoms with Gasteiger partial charge in [-0.1, -0.05) is 0 Å². The summed E-state index contributed by atoms with van der Waals surface area (Å²) < 4.78 is 15.2. The summed E-state index contributed by atoms with van der Waals surface area (Å²) >= 11 is -3.08. The second-order valence-corrected chi connectivity index (χ2v) is 76.3. The molecule has 4 nitrogen and oxygen atoms in total. The second kappa shape index (κ2) is 13.2. The fraction of sp³-hybridized carbons (Fsp3) is 1.00. The van der Waals surface area contributed by atoms with Crippen LogP contribution in [-0.2, 0) is 0 Å². The minimum atomic E-state index is -1.54. The van der Waals surface area contributed by atoms with E-state index in [4.69, 9.17) is 0 Å². The van der Waals surface area contributed by atoms with Gasteiger partial charge in [0.2, 0.25) is 0 Å². The van der Waals surface area contributed by atoms with Crippen molar-refractivity contribution in [1.29, 1.82) is 0 Å². The van der Waals surface area contributed by atoms with Crippen molar-refractivity contribution in [2.75, 3.05) is 0 Å². The first-order valence-corrected chi connectivity index (χ1v) is 48.8. The molecule has 0 aromatic heterocycles. The molecular formula is C25H74As2N4Si8. The maximum absolute atomic E-state index is 3.41. The number of hydrogen-bond donors (Lipinski definition) is 0. The van der Waals surface area contributed by atoms with Crippen LogP contribution in [0.5, 0.6) is 0 Å². The molecule has 0 aliphatic heterocycles. The number of nitrogens with zero attached hydrogens (tertiary/aromatic N) is 4. The van der Waals surface area contributed by atoms with E-state index in [2.05, 4.69) is 170 Å².